The van der Waals surface area contributed by atoms with Gasteiger partial charge in [0.05, 0.1) is 26.4 Å². The molecule has 0 aromatic heterocycles. The molecule has 5 rings (SSSR count). The van der Waals surface area contributed by atoms with Crippen LogP contribution in [-0.2, 0) is 55.7 Å². The Morgan fingerprint density at radius 1 is 0.673 bits per heavy atom. The van der Waals surface area contributed by atoms with Gasteiger partial charge in [-0.2, -0.15) is 0 Å². The van der Waals surface area contributed by atoms with Crippen LogP contribution in [-0.4, -0.2) is 75.0 Å². The first-order chi connectivity index (χ1) is 23.1. The van der Waals surface area contributed by atoms with E-state index in [-0.39, 0.29) is 42.7 Å². The molecule has 2 fully saturated rings. The molecule has 0 radical (unpaired) electrons. The number of aldehydes is 2. The smallest absolute Gasteiger partial charge is 0.290 e. The van der Waals surface area contributed by atoms with Crippen molar-refractivity contribution in [3.8, 4) is 0 Å². The van der Waals surface area contributed by atoms with Gasteiger partial charge in [-0.3, -0.25) is 4.79 Å². The lowest BCUT2D eigenvalue weighted by atomic mass is 9.91. The summed E-state index contributed by atoms with van der Waals surface area (Å²) in [6.07, 6.45) is 1.83. The maximum absolute atomic E-state index is 10.5. The molecule has 49 heavy (non-hydrogen) atoms. The van der Waals surface area contributed by atoms with Crippen LogP contribution >= 0.6 is 0 Å². The predicted octanol–water partition coefficient (Wildman–Crippen LogP) is 5.56. The molecule has 6 unspecified atom stereocenters. The SMILES string of the molecule is CC(C=O)c1ccc(C(C)C=O)cc1.CC1(c2ccc(C3(C)CO3)cc2)CO1.COCC(C)(O)c1ccc(C(C)(O)COC)cc1.O=CO. The Hall–Kier alpha value is -3.77. The van der Waals surface area contributed by atoms with Gasteiger partial charge < -0.3 is 43.9 Å². The van der Waals surface area contributed by atoms with E-state index >= 15 is 0 Å². The summed E-state index contributed by atoms with van der Waals surface area (Å²) in [5.74, 6) is -0.147. The Kier molecular flexibility index (Phi) is 15.5. The van der Waals surface area contributed by atoms with Crippen molar-refractivity contribution in [2.24, 2.45) is 0 Å². The van der Waals surface area contributed by atoms with Crippen LogP contribution in [0, 0.1) is 0 Å². The monoisotopic (exact) mass is 680 g/mol. The highest BCUT2D eigenvalue weighted by molar-refractivity contribution is 5.63. The number of rotatable bonds is 12. The summed E-state index contributed by atoms with van der Waals surface area (Å²) in [4.78, 5) is 29.4. The lowest BCUT2D eigenvalue weighted by molar-refractivity contribution is -0.123. The molecule has 3 N–H and O–H groups in total. The zero-order chi connectivity index (χ0) is 36.9. The van der Waals surface area contributed by atoms with Gasteiger partial charge in [0.15, 0.2) is 0 Å². The summed E-state index contributed by atoms with van der Waals surface area (Å²) in [7, 11) is 3.10. The standard InChI is InChI=1S/C14H22O4.2C12H14O2.CH2O2/c1-13(15,9-17-3)11-5-7-12(8-6-11)14(2,16)10-18-4;1-11(7-13-11)9-3-5-10(6-4-9)12(2)8-14-12;1-9(7-13)11-3-5-12(6-4-11)10(2)8-14;2-1-3/h5-8,15-16H,9-10H2,1-4H3;3-6H,7-8H2,1-2H3;3-10H,1-2H3;1H,(H,2,3). The Balaban J connectivity index is 0.000000247. The number of carbonyl (C=O) groups excluding carboxylic acids is 2. The zero-order valence-corrected chi connectivity index (χ0v) is 29.8. The van der Waals surface area contributed by atoms with Gasteiger partial charge in [0, 0.05) is 26.1 Å². The van der Waals surface area contributed by atoms with E-state index in [9.17, 15) is 19.8 Å². The van der Waals surface area contributed by atoms with Gasteiger partial charge in [-0.15, -0.1) is 0 Å². The largest absolute Gasteiger partial charge is 0.483 e. The van der Waals surface area contributed by atoms with Crippen LogP contribution in [0.3, 0.4) is 0 Å². The van der Waals surface area contributed by atoms with Gasteiger partial charge in [0.1, 0.15) is 35.0 Å². The average molecular weight is 681 g/mol. The second-order valence-electron chi connectivity index (χ2n) is 13.2. The van der Waals surface area contributed by atoms with E-state index in [1.165, 1.54) is 11.1 Å². The number of aliphatic hydroxyl groups is 2. The number of hydrogen-bond donors (Lipinski definition) is 3. The number of epoxide rings is 2. The predicted molar refractivity (Wildman–Crippen MR) is 186 cm³/mol. The fraction of sp³-hybridized carbons (Fsp3) is 0.462. The molecule has 3 aromatic rings. The molecule has 0 amide bonds. The van der Waals surface area contributed by atoms with Crippen LogP contribution in [0.25, 0.3) is 0 Å². The van der Waals surface area contributed by atoms with Crippen LogP contribution in [0.4, 0.5) is 0 Å². The molecule has 2 saturated heterocycles. The van der Waals surface area contributed by atoms with Crippen molar-refractivity contribution in [1.82, 2.24) is 0 Å². The summed E-state index contributed by atoms with van der Waals surface area (Å²) in [6.45, 7) is 13.2. The van der Waals surface area contributed by atoms with Crippen LogP contribution in [0.5, 0.6) is 0 Å². The molecular formula is C39H52O10. The van der Waals surface area contributed by atoms with E-state index in [4.69, 9.17) is 28.8 Å². The van der Waals surface area contributed by atoms with Gasteiger partial charge in [0.25, 0.3) is 6.47 Å². The quantitative estimate of drug-likeness (QED) is 0.163. The van der Waals surface area contributed by atoms with E-state index in [2.05, 4.69) is 38.1 Å². The fourth-order valence-corrected chi connectivity index (χ4v) is 4.90. The first-order valence-electron chi connectivity index (χ1n) is 16.1. The molecule has 0 saturated carbocycles. The van der Waals surface area contributed by atoms with Crippen LogP contribution in [0.15, 0.2) is 72.8 Å². The average Bonchev–Trinajstić information content (AvgIpc) is 4.03. The summed E-state index contributed by atoms with van der Waals surface area (Å²) in [5, 5.41) is 27.2. The number of ether oxygens (including phenoxy) is 4. The molecule has 2 aliphatic rings. The number of carboxylic acid groups (broad SMARTS) is 1. The third-order valence-corrected chi connectivity index (χ3v) is 8.64. The lowest BCUT2D eigenvalue weighted by Gasteiger charge is -2.26. The summed E-state index contributed by atoms with van der Waals surface area (Å²) in [5.41, 5.74) is 3.94. The number of methoxy groups -OCH3 is 2. The third kappa shape index (κ3) is 12.3. The van der Waals surface area contributed by atoms with Crippen molar-refractivity contribution in [1.29, 1.82) is 0 Å². The number of hydrogen-bond acceptors (Lipinski definition) is 9. The molecule has 0 bridgehead atoms. The highest BCUT2D eigenvalue weighted by atomic mass is 16.6. The summed E-state index contributed by atoms with van der Waals surface area (Å²) < 4.78 is 20.7. The van der Waals surface area contributed by atoms with Crippen LogP contribution < -0.4 is 0 Å². The molecule has 3 aromatic carbocycles. The normalized spacial score (nSPS) is 22.3. The van der Waals surface area contributed by atoms with Gasteiger partial charge >= 0.3 is 0 Å². The van der Waals surface area contributed by atoms with E-state index in [1.807, 2.05) is 38.1 Å². The van der Waals surface area contributed by atoms with Crippen LogP contribution in [0.2, 0.25) is 0 Å². The molecule has 0 aliphatic carbocycles. The summed E-state index contributed by atoms with van der Waals surface area (Å²) in [6, 6.07) is 23.3. The minimum atomic E-state index is -1.03. The minimum Gasteiger partial charge on any atom is -0.483 e. The zero-order valence-electron chi connectivity index (χ0n) is 29.8. The Morgan fingerprint density at radius 3 is 1.14 bits per heavy atom. The van der Waals surface area contributed by atoms with Crippen molar-refractivity contribution >= 4 is 19.0 Å². The first kappa shape index (κ1) is 41.4. The molecule has 6 atom stereocenters. The third-order valence-electron chi connectivity index (χ3n) is 8.64. The molecule has 268 valence electrons. The first-order valence-corrected chi connectivity index (χ1v) is 16.1. The van der Waals surface area contributed by atoms with E-state index in [1.54, 1.807) is 52.3 Å². The Morgan fingerprint density at radius 2 is 0.939 bits per heavy atom. The molecule has 10 heteroatoms. The second kappa shape index (κ2) is 18.3. The molecule has 0 spiro atoms. The number of carbonyl (C=O) groups is 3. The Labute approximate surface area is 290 Å². The maximum Gasteiger partial charge on any atom is 0.290 e. The Bertz CT molecular complexity index is 1330. The van der Waals surface area contributed by atoms with E-state index in [0.717, 1.165) is 48.0 Å². The topological polar surface area (TPSA) is 155 Å². The second-order valence-corrected chi connectivity index (χ2v) is 13.2. The maximum atomic E-state index is 10.5. The highest BCUT2D eigenvalue weighted by Gasteiger charge is 2.43. The minimum absolute atomic E-state index is 0.0101. The van der Waals surface area contributed by atoms with E-state index in [0.29, 0.717) is 0 Å². The lowest BCUT2D eigenvalue weighted by Crippen LogP contribution is -2.29. The molecule has 10 nitrogen and oxygen atoms in total. The number of benzene rings is 3. The highest BCUT2D eigenvalue weighted by Crippen LogP contribution is 2.41. The van der Waals surface area contributed by atoms with Gasteiger partial charge in [-0.25, -0.2) is 0 Å². The van der Waals surface area contributed by atoms with Crippen molar-refractivity contribution in [3.63, 3.8) is 0 Å². The summed E-state index contributed by atoms with van der Waals surface area (Å²) >= 11 is 0. The molecule has 2 heterocycles. The molecule has 2 aliphatic heterocycles. The van der Waals surface area contributed by atoms with Crippen molar-refractivity contribution in [3.05, 3.63) is 106 Å². The van der Waals surface area contributed by atoms with Crippen LogP contribution in [0.1, 0.15) is 86.8 Å². The van der Waals surface area contributed by atoms with E-state index < -0.39 is 11.2 Å². The van der Waals surface area contributed by atoms with Crippen molar-refractivity contribution in [2.45, 2.75) is 75.8 Å². The fourth-order valence-electron chi connectivity index (χ4n) is 4.90. The molecular weight excluding hydrogens is 628 g/mol. The van der Waals surface area contributed by atoms with Gasteiger partial charge in [-0.05, 0) is 61.1 Å². The van der Waals surface area contributed by atoms with Crippen molar-refractivity contribution < 1.29 is 48.7 Å². The van der Waals surface area contributed by atoms with Gasteiger partial charge in [-0.1, -0.05) is 86.6 Å². The van der Waals surface area contributed by atoms with Gasteiger partial charge in [0.2, 0.25) is 0 Å². The van der Waals surface area contributed by atoms with Crippen molar-refractivity contribution in [2.75, 3.05) is 40.6 Å².